The summed E-state index contributed by atoms with van der Waals surface area (Å²) >= 11 is 0. The summed E-state index contributed by atoms with van der Waals surface area (Å²) in [4.78, 5) is 32.9. The zero-order valence-electron chi connectivity index (χ0n) is 16.9. The smallest absolute Gasteiger partial charge is 0.329 e. The second-order valence-electron chi connectivity index (χ2n) is 7.19. The fourth-order valence-corrected chi connectivity index (χ4v) is 3.81. The lowest BCUT2D eigenvalue weighted by Crippen LogP contribution is -2.32. The van der Waals surface area contributed by atoms with Crippen LogP contribution in [-0.4, -0.2) is 25.0 Å². The Balaban J connectivity index is 1.50. The monoisotopic (exact) mass is 403 g/mol. The average Bonchev–Trinajstić information content (AvgIpc) is 3.37. The first-order chi connectivity index (χ1) is 14.7. The van der Waals surface area contributed by atoms with Gasteiger partial charge in [0.25, 0.3) is 0 Å². The number of nitrogens with one attached hydrogen (secondary N) is 2. The number of aryl methyl sites for hydroxylation is 2. The van der Waals surface area contributed by atoms with Crippen LogP contribution >= 0.6 is 0 Å². The molecule has 0 aliphatic carbocycles. The van der Waals surface area contributed by atoms with Crippen molar-refractivity contribution in [3.8, 4) is 0 Å². The van der Waals surface area contributed by atoms with Gasteiger partial charge in [0.2, 0.25) is 5.91 Å². The number of aromatic amines is 1. The molecule has 0 radical (unpaired) electrons. The molecule has 2 heterocycles. The van der Waals surface area contributed by atoms with Crippen LogP contribution in [0, 0.1) is 0 Å². The van der Waals surface area contributed by atoms with Crippen molar-refractivity contribution in [2.24, 2.45) is 0 Å². The lowest BCUT2D eigenvalue weighted by molar-refractivity contribution is -0.122. The number of rotatable bonds is 8. The molecule has 7 heteroatoms. The van der Waals surface area contributed by atoms with Gasteiger partial charge in [0.1, 0.15) is 5.82 Å². The van der Waals surface area contributed by atoms with Crippen LogP contribution in [0.4, 0.5) is 0 Å². The predicted molar refractivity (Wildman–Crippen MR) is 116 cm³/mol. The third-order valence-corrected chi connectivity index (χ3v) is 5.29. The van der Waals surface area contributed by atoms with Gasteiger partial charge in [-0.1, -0.05) is 42.5 Å². The van der Waals surface area contributed by atoms with Crippen LogP contribution in [0.15, 0.2) is 71.8 Å². The number of para-hydroxylation sites is 2. The molecule has 2 N–H and O–H groups in total. The molecule has 0 saturated carbocycles. The van der Waals surface area contributed by atoms with Crippen molar-refractivity contribution in [3.05, 3.63) is 88.9 Å². The van der Waals surface area contributed by atoms with E-state index in [0.29, 0.717) is 19.5 Å². The largest absolute Gasteiger partial charge is 0.349 e. The van der Waals surface area contributed by atoms with E-state index < -0.39 is 0 Å². The molecule has 30 heavy (non-hydrogen) atoms. The topological polar surface area (TPSA) is 84.7 Å². The van der Waals surface area contributed by atoms with Crippen molar-refractivity contribution in [2.45, 2.75) is 38.9 Å². The van der Waals surface area contributed by atoms with Gasteiger partial charge in [0.05, 0.1) is 17.1 Å². The molecule has 1 atom stereocenters. The van der Waals surface area contributed by atoms with Crippen molar-refractivity contribution in [2.75, 3.05) is 0 Å². The number of hydrogen-bond donors (Lipinski definition) is 2. The zero-order valence-corrected chi connectivity index (χ0v) is 16.9. The Bertz CT molecular complexity index is 1180. The van der Waals surface area contributed by atoms with Gasteiger partial charge in [-0.25, -0.2) is 9.78 Å². The maximum absolute atomic E-state index is 12.8. The van der Waals surface area contributed by atoms with E-state index in [9.17, 15) is 9.59 Å². The van der Waals surface area contributed by atoms with Gasteiger partial charge < -0.3 is 10.3 Å². The van der Waals surface area contributed by atoms with Crippen molar-refractivity contribution >= 4 is 16.9 Å². The molecular formula is C23H25N5O2. The highest BCUT2D eigenvalue weighted by atomic mass is 16.2. The molecule has 0 aliphatic heterocycles. The van der Waals surface area contributed by atoms with Crippen LogP contribution < -0.4 is 11.0 Å². The number of H-pyrrole nitrogens is 1. The van der Waals surface area contributed by atoms with Crippen LogP contribution in [0.25, 0.3) is 11.0 Å². The van der Waals surface area contributed by atoms with Crippen molar-refractivity contribution in [1.29, 1.82) is 0 Å². The summed E-state index contributed by atoms with van der Waals surface area (Å²) in [6.45, 7) is 2.88. The summed E-state index contributed by atoms with van der Waals surface area (Å²) in [6, 6.07) is 17.3. The first kappa shape index (κ1) is 19.7. The molecule has 1 unspecified atom stereocenters. The first-order valence-electron chi connectivity index (χ1n) is 10.2. The van der Waals surface area contributed by atoms with Crippen LogP contribution in [0.2, 0.25) is 0 Å². The van der Waals surface area contributed by atoms with E-state index in [1.165, 1.54) is 0 Å². The second-order valence-corrected chi connectivity index (χ2v) is 7.19. The molecule has 4 aromatic rings. The maximum atomic E-state index is 12.8. The number of imidazole rings is 2. The number of fused-ring (bicyclic) bond motifs is 1. The quantitative estimate of drug-likeness (QED) is 0.474. The van der Waals surface area contributed by atoms with E-state index in [2.05, 4.69) is 15.3 Å². The number of hydrogen-bond acceptors (Lipinski definition) is 3. The van der Waals surface area contributed by atoms with Gasteiger partial charge in [-0.15, -0.1) is 0 Å². The fourth-order valence-electron chi connectivity index (χ4n) is 3.81. The summed E-state index contributed by atoms with van der Waals surface area (Å²) in [6.07, 6.45) is 4.27. The Morgan fingerprint density at radius 3 is 2.43 bits per heavy atom. The SMILES string of the molecule is CCn1c(=O)n(CCC(=O)NC(Cc2ncc[nH]2)c2ccccc2)c2ccccc21. The molecule has 154 valence electrons. The summed E-state index contributed by atoms with van der Waals surface area (Å²) < 4.78 is 3.42. The normalized spacial score (nSPS) is 12.2. The second kappa shape index (κ2) is 8.82. The molecule has 0 spiro atoms. The summed E-state index contributed by atoms with van der Waals surface area (Å²) in [7, 11) is 0. The van der Waals surface area contributed by atoms with Crippen LogP contribution in [0.3, 0.4) is 0 Å². The summed E-state index contributed by atoms with van der Waals surface area (Å²) in [5.74, 6) is 0.710. The summed E-state index contributed by atoms with van der Waals surface area (Å²) in [5.41, 5.74) is 2.68. The Morgan fingerprint density at radius 1 is 1.07 bits per heavy atom. The lowest BCUT2D eigenvalue weighted by Gasteiger charge is -2.18. The molecule has 0 saturated heterocycles. The van der Waals surface area contributed by atoms with Gasteiger partial charge in [-0.05, 0) is 24.6 Å². The zero-order chi connectivity index (χ0) is 20.9. The molecule has 4 rings (SSSR count). The fraction of sp³-hybridized carbons (Fsp3) is 0.261. The molecule has 1 amide bonds. The minimum absolute atomic E-state index is 0.0818. The molecular weight excluding hydrogens is 378 g/mol. The number of carbonyl (C=O) groups excluding carboxylic acids is 1. The molecule has 0 aliphatic rings. The predicted octanol–water partition coefficient (Wildman–Crippen LogP) is 3.04. The minimum Gasteiger partial charge on any atom is -0.349 e. The van der Waals surface area contributed by atoms with Crippen molar-refractivity contribution in [3.63, 3.8) is 0 Å². The van der Waals surface area contributed by atoms with E-state index in [4.69, 9.17) is 0 Å². The maximum Gasteiger partial charge on any atom is 0.329 e. The van der Waals surface area contributed by atoms with Gasteiger partial charge in [0.15, 0.2) is 0 Å². The van der Waals surface area contributed by atoms with E-state index >= 15 is 0 Å². The number of aromatic nitrogens is 4. The molecule has 7 nitrogen and oxygen atoms in total. The number of amides is 1. The molecule has 0 bridgehead atoms. The van der Waals surface area contributed by atoms with E-state index in [-0.39, 0.29) is 24.1 Å². The average molecular weight is 403 g/mol. The highest BCUT2D eigenvalue weighted by Crippen LogP contribution is 2.17. The lowest BCUT2D eigenvalue weighted by atomic mass is 10.0. The van der Waals surface area contributed by atoms with Crippen molar-refractivity contribution < 1.29 is 4.79 Å². The van der Waals surface area contributed by atoms with Gasteiger partial charge in [-0.3, -0.25) is 13.9 Å². The minimum atomic E-state index is -0.196. The summed E-state index contributed by atoms with van der Waals surface area (Å²) in [5, 5.41) is 3.11. The van der Waals surface area contributed by atoms with Gasteiger partial charge in [-0.2, -0.15) is 0 Å². The van der Waals surface area contributed by atoms with Gasteiger partial charge in [0, 0.05) is 38.3 Å². The Labute approximate surface area is 174 Å². The Morgan fingerprint density at radius 2 is 1.77 bits per heavy atom. The van der Waals surface area contributed by atoms with E-state index in [1.807, 2.05) is 61.5 Å². The van der Waals surface area contributed by atoms with Crippen LogP contribution in [0.1, 0.15) is 30.8 Å². The number of nitrogens with zero attached hydrogens (tertiary/aromatic N) is 3. The highest BCUT2D eigenvalue weighted by molar-refractivity contribution is 5.78. The Hall–Kier alpha value is -3.61. The molecule has 2 aromatic carbocycles. The number of carbonyl (C=O) groups is 1. The highest BCUT2D eigenvalue weighted by Gasteiger charge is 2.18. The van der Waals surface area contributed by atoms with E-state index in [1.54, 1.807) is 21.5 Å². The third kappa shape index (κ3) is 4.05. The van der Waals surface area contributed by atoms with Crippen molar-refractivity contribution in [1.82, 2.24) is 24.4 Å². The first-order valence-corrected chi connectivity index (χ1v) is 10.2. The van der Waals surface area contributed by atoms with Crippen LogP contribution in [0.5, 0.6) is 0 Å². The molecule has 0 fully saturated rings. The molecule has 2 aromatic heterocycles. The van der Waals surface area contributed by atoms with Crippen LogP contribution in [-0.2, 0) is 24.3 Å². The van der Waals surface area contributed by atoms with E-state index in [0.717, 1.165) is 22.4 Å². The Kier molecular flexibility index (Phi) is 5.79. The standard InChI is InChI=1S/C23H25N5O2/c1-2-27-19-10-6-7-11-20(19)28(23(27)30)15-12-22(29)26-18(16-21-24-13-14-25-21)17-8-4-3-5-9-17/h3-11,13-14,18H,2,12,15-16H2,1H3,(H,24,25)(H,26,29). The number of benzene rings is 2. The third-order valence-electron chi connectivity index (χ3n) is 5.29. The van der Waals surface area contributed by atoms with Gasteiger partial charge >= 0.3 is 5.69 Å².